The van der Waals surface area contributed by atoms with Crippen molar-refractivity contribution in [1.82, 2.24) is 10.7 Å². The molecule has 0 unspecified atom stereocenters. The summed E-state index contributed by atoms with van der Waals surface area (Å²) < 4.78 is 18.1. The Balaban J connectivity index is 1.62. The topological polar surface area (TPSA) is 98.2 Å². The predicted octanol–water partition coefficient (Wildman–Crippen LogP) is 5.80. The molecule has 0 aliphatic rings. The first-order valence-corrected chi connectivity index (χ1v) is 14.0. The summed E-state index contributed by atoms with van der Waals surface area (Å²) in [7, 11) is 0. The number of amides is 2. The molecule has 0 aliphatic heterocycles. The third-order valence-electron chi connectivity index (χ3n) is 5.76. The lowest BCUT2D eigenvalue weighted by Gasteiger charge is -2.19. The quantitative estimate of drug-likeness (QED) is 0.178. The zero-order valence-corrected chi connectivity index (χ0v) is 24.9. The molecule has 3 aromatic rings. The van der Waals surface area contributed by atoms with Crippen molar-refractivity contribution in [2.24, 2.45) is 11.0 Å². The molecule has 3 aromatic carbocycles. The minimum absolute atomic E-state index is 0.172. The van der Waals surface area contributed by atoms with Gasteiger partial charge in [0.05, 0.1) is 17.3 Å². The number of halogens is 1. The predicted molar refractivity (Wildman–Crippen MR) is 160 cm³/mol. The van der Waals surface area contributed by atoms with Crippen molar-refractivity contribution < 1.29 is 23.8 Å². The van der Waals surface area contributed by atoms with Crippen molar-refractivity contribution in [3.05, 3.63) is 87.9 Å². The van der Waals surface area contributed by atoms with E-state index in [4.69, 9.17) is 14.2 Å². The highest BCUT2D eigenvalue weighted by Gasteiger charge is 2.22. The molecule has 0 aliphatic carbocycles. The van der Waals surface area contributed by atoms with Gasteiger partial charge in [-0.05, 0) is 77.0 Å². The maximum absolute atomic E-state index is 12.9. The van der Waals surface area contributed by atoms with Crippen LogP contribution in [0.25, 0.3) is 0 Å². The van der Waals surface area contributed by atoms with Gasteiger partial charge in [0.15, 0.2) is 18.1 Å². The molecule has 0 spiro atoms. The molecule has 0 aromatic heterocycles. The summed E-state index contributed by atoms with van der Waals surface area (Å²) in [6.07, 6.45) is 1.96. The molecule has 0 bridgehead atoms. The fourth-order valence-corrected chi connectivity index (χ4v) is 4.42. The first kappa shape index (κ1) is 30.7. The molecule has 0 radical (unpaired) electrons. The van der Waals surface area contributed by atoms with Gasteiger partial charge in [-0.1, -0.05) is 62.4 Å². The lowest BCUT2D eigenvalue weighted by molar-refractivity contribution is -0.130. The number of rotatable bonds is 14. The third-order valence-corrected chi connectivity index (χ3v) is 6.35. The second-order valence-electron chi connectivity index (χ2n) is 9.58. The van der Waals surface area contributed by atoms with E-state index >= 15 is 0 Å². The number of aryl methyl sites for hydroxylation is 1. The van der Waals surface area contributed by atoms with Crippen LogP contribution in [0.3, 0.4) is 0 Å². The number of nitrogens with zero attached hydrogens (tertiary/aromatic N) is 1. The molecule has 2 amide bonds. The molecule has 0 heterocycles. The number of hydrogen-bond donors (Lipinski definition) is 2. The van der Waals surface area contributed by atoms with Crippen LogP contribution in [-0.4, -0.2) is 37.3 Å². The van der Waals surface area contributed by atoms with Crippen LogP contribution in [0, 0.1) is 12.8 Å². The van der Waals surface area contributed by atoms with Gasteiger partial charge in [0.1, 0.15) is 18.4 Å². The molecule has 3 rings (SSSR count). The molecule has 1 atom stereocenters. The third kappa shape index (κ3) is 9.72. The van der Waals surface area contributed by atoms with E-state index in [-0.39, 0.29) is 18.4 Å². The Morgan fingerprint density at radius 1 is 0.975 bits per heavy atom. The normalized spacial score (nSPS) is 11.8. The summed E-state index contributed by atoms with van der Waals surface area (Å²) in [5.41, 5.74) is 5.20. The highest BCUT2D eigenvalue weighted by molar-refractivity contribution is 9.10. The van der Waals surface area contributed by atoms with Crippen LogP contribution in [0.2, 0.25) is 0 Å². The smallest absolute Gasteiger partial charge is 0.262 e. The van der Waals surface area contributed by atoms with Gasteiger partial charge in [0, 0.05) is 0 Å². The van der Waals surface area contributed by atoms with Crippen molar-refractivity contribution in [1.29, 1.82) is 0 Å². The zero-order valence-electron chi connectivity index (χ0n) is 23.3. The molecule has 8 nitrogen and oxygen atoms in total. The van der Waals surface area contributed by atoms with E-state index < -0.39 is 11.9 Å². The Bertz CT molecular complexity index is 1300. The molecule has 9 heteroatoms. The molecule has 212 valence electrons. The molecule has 40 heavy (non-hydrogen) atoms. The number of carbonyl (C=O) groups excluding carboxylic acids is 2. The molecular weight excluding hydrogens is 574 g/mol. The van der Waals surface area contributed by atoms with E-state index in [1.807, 2.05) is 82.3 Å². The minimum Gasteiger partial charge on any atom is -0.490 e. The fraction of sp³-hybridized carbons (Fsp3) is 0.323. The summed E-state index contributed by atoms with van der Waals surface area (Å²) in [4.78, 5) is 25.5. The van der Waals surface area contributed by atoms with Crippen LogP contribution >= 0.6 is 15.9 Å². The molecule has 0 saturated heterocycles. The van der Waals surface area contributed by atoms with E-state index in [1.165, 1.54) is 6.21 Å². The number of carbonyl (C=O) groups is 2. The summed E-state index contributed by atoms with van der Waals surface area (Å²) in [5, 5.41) is 6.89. The van der Waals surface area contributed by atoms with Crippen LogP contribution in [0.5, 0.6) is 17.2 Å². The Kier molecular flexibility index (Phi) is 12.0. The molecule has 0 saturated carbocycles. The van der Waals surface area contributed by atoms with Crippen molar-refractivity contribution in [3.8, 4) is 17.2 Å². The minimum atomic E-state index is -0.760. The van der Waals surface area contributed by atoms with E-state index in [1.54, 1.807) is 12.1 Å². The van der Waals surface area contributed by atoms with Crippen molar-refractivity contribution in [2.75, 3.05) is 13.2 Å². The number of hydrazone groups is 1. The van der Waals surface area contributed by atoms with Gasteiger partial charge >= 0.3 is 0 Å². The monoisotopic (exact) mass is 609 g/mol. The maximum atomic E-state index is 12.9. The highest BCUT2D eigenvalue weighted by atomic mass is 79.9. The second-order valence-corrected chi connectivity index (χ2v) is 10.4. The summed E-state index contributed by atoms with van der Waals surface area (Å²) in [6, 6.07) is 20.2. The second kappa shape index (κ2) is 15.7. The SMILES string of the molecule is CCOc1cc(/C=N\NC(=O)[C@H](CC(C)C)NC(=O)COc2ccccc2C)cc(Br)c1OCc1ccccc1. The van der Waals surface area contributed by atoms with Crippen LogP contribution in [0.15, 0.2) is 76.3 Å². The summed E-state index contributed by atoms with van der Waals surface area (Å²) >= 11 is 3.56. The lowest BCUT2D eigenvalue weighted by atomic mass is 10.0. The Morgan fingerprint density at radius 2 is 1.70 bits per heavy atom. The number of para-hydroxylation sites is 1. The van der Waals surface area contributed by atoms with E-state index in [0.29, 0.717) is 46.9 Å². The van der Waals surface area contributed by atoms with Gasteiger partial charge in [-0.25, -0.2) is 5.43 Å². The first-order valence-electron chi connectivity index (χ1n) is 13.2. The van der Waals surface area contributed by atoms with Crippen molar-refractivity contribution >= 4 is 34.0 Å². The molecule has 2 N–H and O–H groups in total. The number of nitrogens with one attached hydrogen (secondary N) is 2. The van der Waals surface area contributed by atoms with Crippen molar-refractivity contribution in [3.63, 3.8) is 0 Å². The average molecular weight is 611 g/mol. The highest BCUT2D eigenvalue weighted by Crippen LogP contribution is 2.37. The fourth-order valence-electron chi connectivity index (χ4n) is 3.84. The zero-order chi connectivity index (χ0) is 28.9. The Morgan fingerprint density at radius 3 is 2.40 bits per heavy atom. The van der Waals surface area contributed by atoms with Crippen LogP contribution in [-0.2, 0) is 16.2 Å². The molecule has 0 fully saturated rings. The van der Waals surface area contributed by atoms with Crippen LogP contribution in [0.1, 0.15) is 43.9 Å². The largest absolute Gasteiger partial charge is 0.490 e. The molecular formula is C31H36BrN3O5. The number of hydrogen-bond acceptors (Lipinski definition) is 6. The van der Waals surface area contributed by atoms with Gasteiger partial charge < -0.3 is 19.5 Å². The van der Waals surface area contributed by atoms with Gasteiger partial charge in [-0.3, -0.25) is 9.59 Å². The van der Waals surface area contributed by atoms with E-state index in [0.717, 1.165) is 11.1 Å². The van der Waals surface area contributed by atoms with Crippen LogP contribution in [0.4, 0.5) is 0 Å². The van der Waals surface area contributed by atoms with Gasteiger partial charge in [0.2, 0.25) is 0 Å². The average Bonchev–Trinajstić information content (AvgIpc) is 2.92. The maximum Gasteiger partial charge on any atom is 0.262 e. The van der Waals surface area contributed by atoms with Gasteiger partial charge in [-0.2, -0.15) is 5.10 Å². The Hall–Kier alpha value is -3.85. The van der Waals surface area contributed by atoms with E-state index in [9.17, 15) is 9.59 Å². The number of ether oxygens (including phenoxy) is 3. The summed E-state index contributed by atoms with van der Waals surface area (Å²) in [5.74, 6) is 1.14. The van der Waals surface area contributed by atoms with E-state index in [2.05, 4.69) is 31.8 Å². The van der Waals surface area contributed by atoms with Crippen molar-refractivity contribution in [2.45, 2.75) is 46.8 Å². The summed E-state index contributed by atoms with van der Waals surface area (Å²) in [6.45, 7) is 8.41. The standard InChI is InChI=1S/C31H36BrN3O5/c1-5-38-28-17-24(16-25(32)30(28)40-19-23-12-7-6-8-13-23)18-33-35-31(37)26(15-21(2)3)34-29(36)20-39-27-14-10-9-11-22(27)4/h6-14,16-18,21,26H,5,15,19-20H2,1-4H3,(H,34,36)(H,35,37)/b33-18-/t26-/m0/s1. The number of benzene rings is 3. The lowest BCUT2D eigenvalue weighted by Crippen LogP contribution is -2.47. The van der Waals surface area contributed by atoms with Gasteiger partial charge in [0.25, 0.3) is 11.8 Å². The van der Waals surface area contributed by atoms with Gasteiger partial charge in [-0.15, -0.1) is 0 Å². The first-order chi connectivity index (χ1) is 19.3. The van der Waals surface area contributed by atoms with Crippen LogP contribution < -0.4 is 25.0 Å². The Labute approximate surface area is 244 Å².